The number of hydrogen-bond donors (Lipinski definition) is 0. The zero-order valence-corrected chi connectivity index (χ0v) is 60.4. The zero-order valence-electron chi connectivity index (χ0n) is 60.4. The summed E-state index contributed by atoms with van der Waals surface area (Å²) in [6.07, 6.45) is 29.4. The lowest BCUT2D eigenvalue weighted by molar-refractivity contribution is -1.12. The molecule has 0 bridgehead atoms. The Bertz CT molecular complexity index is 10100. The summed E-state index contributed by atoms with van der Waals surface area (Å²) in [5, 5.41) is 0. The molecule has 88 aliphatic carbocycles. The minimum Gasteiger partial charge on any atom is -0.0804 e. The van der Waals surface area contributed by atoms with Crippen molar-refractivity contribution in [2.75, 3.05) is 0 Å². The maximum Gasteiger partial charge on any atom is 0.0245 e. The van der Waals surface area contributed by atoms with Gasteiger partial charge in [-0.15, -0.1) is 0 Å². The molecule has 88 rings (SSSR count). The molecule has 0 heteroatoms. The van der Waals surface area contributed by atoms with E-state index in [1.54, 1.807) is 6.42 Å². The molecule has 0 aromatic carbocycles. The third-order valence-corrected chi connectivity index (χ3v) is 102. The number of rotatable bonds is 0. The lowest BCUT2D eigenvalue weighted by Crippen LogP contribution is -3.79. The van der Waals surface area contributed by atoms with Crippen molar-refractivity contribution in [3.8, 4) is 0 Å². The monoisotopic (exact) mass is 1410 g/mol. The van der Waals surface area contributed by atoms with Crippen LogP contribution in [0.25, 0.3) is 0 Å². The first-order valence-electron chi connectivity index (χ1n) is 55.0. The van der Waals surface area contributed by atoms with Crippen molar-refractivity contribution in [3.05, 3.63) is 222 Å². The van der Waals surface area contributed by atoms with Gasteiger partial charge in [-0.2, -0.15) is 0 Å². The van der Waals surface area contributed by atoms with Gasteiger partial charge >= 0.3 is 0 Å². The molecule has 0 aromatic rings. The van der Waals surface area contributed by atoms with E-state index in [2.05, 4.69) is 70.4 Å². The number of allylic oxidation sites excluding steroid dienone is 12. The Hall–Kier alpha value is -1.56. The molecule has 0 N–H and O–H groups in total. The van der Waals surface area contributed by atoms with Gasteiger partial charge < -0.3 is 0 Å². The third-order valence-electron chi connectivity index (χ3n) is 102. The van der Waals surface area contributed by atoms with Gasteiger partial charge in [-0.25, -0.2) is 0 Å². The molecule has 498 valence electrons. The summed E-state index contributed by atoms with van der Waals surface area (Å²) in [6.45, 7) is 0. The molecule has 99 atom stereocenters. The fourth-order valence-electron chi connectivity index (χ4n) is 136. The van der Waals surface area contributed by atoms with Gasteiger partial charge in [-0.05, 0) is 495 Å². The normalized spacial score (nSPS) is 149. The van der Waals surface area contributed by atoms with E-state index >= 15 is 0 Å². The van der Waals surface area contributed by atoms with E-state index in [1.807, 2.05) is 12.8 Å². The third kappa shape index (κ3) is 0.631. The fourth-order valence-corrected chi connectivity index (χ4v) is 136. The van der Waals surface area contributed by atoms with Gasteiger partial charge in [-0.3, -0.25) is 0 Å². The highest BCUT2D eigenvalue weighted by Crippen LogP contribution is 3.97. The molecule has 70 spiro atoms. The second kappa shape index (κ2) is 4.83. The van der Waals surface area contributed by atoms with Crippen LogP contribution in [-0.2, 0) is 0 Å². The summed E-state index contributed by atoms with van der Waals surface area (Å²) in [6, 6.07) is 0. The molecule has 0 heterocycles. The quantitative estimate of drug-likeness (QED) is 0.227. The van der Waals surface area contributed by atoms with E-state index in [0.29, 0.717) is 16.2 Å². The van der Waals surface area contributed by atoms with E-state index in [1.165, 1.54) is 148 Å². The van der Waals surface area contributed by atoms with Crippen LogP contribution in [-0.4, -0.2) is 0 Å². The molecule has 0 saturated heterocycles. The van der Waals surface area contributed by atoms with Crippen molar-refractivity contribution in [2.24, 2.45) is 399 Å². The van der Waals surface area contributed by atoms with E-state index < -0.39 is 0 Å². The Kier molecular flexibility index (Phi) is 1.49. The van der Waals surface area contributed by atoms with Gasteiger partial charge in [0.15, 0.2) is 0 Å². The highest BCUT2D eigenvalue weighted by molar-refractivity contribution is 6.95. The molecule has 0 radical (unpaired) electrons. The van der Waals surface area contributed by atoms with E-state index in [9.17, 15) is 0 Å². The molecule has 0 aliphatic heterocycles. The molecular weight excluding hydrogens is 1370 g/mol. The van der Waals surface area contributed by atoms with Crippen LogP contribution in [0, 0.1) is 551 Å². The summed E-state index contributed by atoms with van der Waals surface area (Å²) >= 11 is 0. The largest absolute Gasteiger partial charge is 0.0804 e. The molecule has 82 saturated carbocycles. The SMILES string of the molecule is C1=CC2C3C4C5C6C7C8C9C%10C%11CC%12C%13C%14C%15C%16C%17C%18CC%19C%20C%21C%22C%23C%24C%25C%26C%27C%28CC=C%29C=C%30C=C%31C=C%32C%33C%34C=C1C21C%342C%33%34C%32%33C%31%32C%30%31C%29%28C%27%28C%26%27C%25%26C%24%25C%23%24C%22%23C%21%22C%20%21C%18%19C%17%18C%16%17C%15%16C%14%15C%13%14C%12%11C%10%11C9%10C89C78C67C56C45C31C21C%342C%333C%324C%31%28C%27%12C%26%13C%25%19C%24%20C%23%24C%22%23C%18%21C%17%18C%16%17C%15%16C%14%11C%10%11C9%10C89C78C67C51C21C32C4%12C%133C%194C%205C%246C%18%23C%17%12C%16%11C%10%11C9%10C89C71C23C49C5%10C%126%11. The maximum absolute atomic E-state index is 3.60. The molecule has 82 fully saturated rings. The van der Waals surface area contributed by atoms with Gasteiger partial charge in [-0.1, -0.05) is 48.1 Å². The first-order chi connectivity index (χ1) is 56.8. The molecule has 0 amide bonds. The highest BCUT2D eigenvalue weighted by atomic mass is 15.9. The van der Waals surface area contributed by atoms with E-state index in [0.717, 1.165) is 386 Å². The molecule has 114 heavy (non-hydrogen) atoms. The van der Waals surface area contributed by atoms with Crippen molar-refractivity contribution in [1.29, 1.82) is 0 Å². The topological polar surface area (TPSA) is 0 Å². The van der Waals surface area contributed by atoms with Crippen LogP contribution >= 0.6 is 0 Å². The first-order valence-corrected chi connectivity index (χ1v) is 55.0. The lowest BCUT2D eigenvalue weighted by Gasteiger charge is -3.84. The Morgan fingerprint density at radius 2 is 0.518 bits per heavy atom. The highest BCUT2D eigenvalue weighted by Gasteiger charge is 3.92. The second-order valence-corrected chi connectivity index (χ2v) is 73.9. The molecule has 99 unspecified atom stereocenters. The van der Waals surface area contributed by atoms with E-state index in [4.69, 9.17) is 0 Å². The van der Waals surface area contributed by atoms with Crippen molar-refractivity contribution in [2.45, 2.75) is 19.3 Å². The van der Waals surface area contributed by atoms with Gasteiger partial charge in [0, 0.05) is 97.5 Å². The van der Waals surface area contributed by atoms with Crippen molar-refractivity contribution >= 4 is 0 Å². The van der Waals surface area contributed by atoms with Gasteiger partial charge in [0.1, 0.15) is 0 Å². The maximum atomic E-state index is 3.60. The van der Waals surface area contributed by atoms with Crippen LogP contribution < -0.4 is 0 Å². The van der Waals surface area contributed by atoms with Crippen molar-refractivity contribution in [1.82, 2.24) is 0 Å². The Balaban J connectivity index is 0.585. The number of hydrogen-bond acceptors (Lipinski definition) is 0. The second-order valence-electron chi connectivity index (χ2n) is 73.9. The summed E-state index contributed by atoms with van der Waals surface area (Å²) in [5.41, 5.74) is 84.1. The average molecular weight is 1410 g/mol. The predicted octanol–water partition coefficient (Wildman–Crippen LogP) is 9.74. The van der Waals surface area contributed by atoms with Crippen molar-refractivity contribution in [3.63, 3.8) is 0 Å². The van der Waals surface area contributed by atoms with E-state index in [-0.39, 0.29) is 0 Å². The smallest absolute Gasteiger partial charge is 0.0245 e. The van der Waals surface area contributed by atoms with Crippen LogP contribution in [0.2, 0.25) is 0 Å². The zero-order chi connectivity index (χ0) is 61.7. The lowest BCUT2D eigenvalue weighted by atomic mass is 8.17. The Morgan fingerprint density at radius 3 is 0.982 bits per heavy atom. The van der Waals surface area contributed by atoms with Crippen LogP contribution in [0.5, 0.6) is 0 Å². The van der Waals surface area contributed by atoms with Crippen LogP contribution in [0.15, 0.2) is 70.4 Å². The van der Waals surface area contributed by atoms with Crippen LogP contribution in [0.3, 0.4) is 0 Å². The standard InChI is InChI=1S/C114H42/c1-3-15-24-30-37-41-43-39-34-28-19-9-17-26-32-36-33-27-18-10-20-29-35-40-44-42-38-31-25-16-4-2-12-7-21-23-22-8-14-6-13-5-11(1)45(15)49(13)50(14)52(22)59(23)51(21)46(12,16)54(25)61(31)68(38)72(42)74(44)70(40)65(35)58(29)48(18,20)56(27)63(33)66(36)62(32)55(26)47(17,19)57(28)64(34)69(39)73(43)71(41)67(37)60(30)53(24,45)75(49)79(50)80(52)81(59)76(51,54)83(61)90(68)94(72)96(74)92(70)87(65)78(56,58)85(63)88(66)84(62)77(55,57)86(64)91(69)95(73)93(71)89(67)82(60,75)97(79)101(80)98(81,83)104(90)108(94)110(96)106(92)100(85,87)102(88)99(84,86)105(91)109(95)107(93)103(89,97)111(101,104)113(107,108)114(109,110)112(102,105)106/h1-2,4-8,15-21,23-44H,3,9-10H2. The van der Waals surface area contributed by atoms with Crippen LogP contribution in [0.1, 0.15) is 19.3 Å². The summed E-state index contributed by atoms with van der Waals surface area (Å²) in [4.78, 5) is 0. The minimum absolute atomic E-state index is 0.658. The Labute approximate surface area is 635 Å². The van der Waals surface area contributed by atoms with Gasteiger partial charge in [0.05, 0.1) is 0 Å². The van der Waals surface area contributed by atoms with Gasteiger partial charge in [0.25, 0.3) is 0 Å². The van der Waals surface area contributed by atoms with Gasteiger partial charge in [0.2, 0.25) is 0 Å². The van der Waals surface area contributed by atoms with Crippen molar-refractivity contribution < 1.29 is 0 Å². The molecule has 0 aromatic heterocycles. The minimum atomic E-state index is 0.658. The average Bonchev–Trinajstić information content (AvgIpc) is 0.486. The number of fused-ring (bicyclic) bond motifs is 26. The molecule has 0 nitrogen and oxygen atoms in total. The predicted molar refractivity (Wildman–Crippen MR) is 358 cm³/mol. The summed E-state index contributed by atoms with van der Waals surface area (Å²) < 4.78 is 0. The first kappa shape index (κ1) is 35.1. The summed E-state index contributed by atoms with van der Waals surface area (Å²) in [7, 11) is 0. The van der Waals surface area contributed by atoms with Crippen LogP contribution in [0.4, 0.5) is 0 Å². The Morgan fingerprint density at radius 1 is 0.202 bits per heavy atom. The fraction of sp³-hybridized carbons (Fsp3) is 0.895. The summed E-state index contributed by atoms with van der Waals surface area (Å²) in [5.74, 6) is 39.5. The molecule has 88 aliphatic rings. The molecular formula is C114H42.